The maximum absolute atomic E-state index is 12.7. The van der Waals surface area contributed by atoms with Crippen molar-refractivity contribution in [1.29, 1.82) is 0 Å². The van der Waals surface area contributed by atoms with Crippen molar-refractivity contribution < 1.29 is 9.21 Å². The van der Waals surface area contributed by atoms with Gasteiger partial charge in [-0.05, 0) is 31.4 Å². The molecular weight excluding hydrogens is 288 g/mol. The summed E-state index contributed by atoms with van der Waals surface area (Å²) in [5.74, 6) is 0.617. The molecule has 0 saturated heterocycles. The predicted molar refractivity (Wildman–Crippen MR) is 91.7 cm³/mol. The molecule has 1 heterocycles. The molecule has 0 fully saturated rings. The summed E-state index contributed by atoms with van der Waals surface area (Å²) in [4.78, 5) is 23.2. The molecule has 0 aliphatic carbocycles. The number of carbonyl (C=O) groups excluding carboxylic acids is 1. The van der Waals surface area contributed by atoms with E-state index in [1.807, 2.05) is 42.5 Å². The maximum atomic E-state index is 12.7. The molecule has 3 aromatic rings. The molecule has 0 aliphatic rings. The quantitative estimate of drug-likeness (QED) is 0.522. The van der Waals surface area contributed by atoms with Gasteiger partial charge in [-0.3, -0.25) is 4.79 Å². The normalized spacial score (nSPS) is 10.8. The van der Waals surface area contributed by atoms with Gasteiger partial charge in [0.25, 0.3) is 0 Å². The molecule has 2 aromatic carbocycles. The first-order chi connectivity index (χ1) is 11.2. The van der Waals surface area contributed by atoms with E-state index in [2.05, 4.69) is 0 Å². The second-order valence-corrected chi connectivity index (χ2v) is 5.60. The van der Waals surface area contributed by atoms with Crippen molar-refractivity contribution in [3.05, 3.63) is 69.9 Å². The molecule has 0 aliphatic heterocycles. The lowest BCUT2D eigenvalue weighted by Gasteiger charge is -2.10. The van der Waals surface area contributed by atoms with Gasteiger partial charge in [0.05, 0.1) is 5.39 Å². The van der Waals surface area contributed by atoms with Gasteiger partial charge in [0, 0.05) is 17.5 Å². The highest BCUT2D eigenvalue weighted by atomic mass is 16.3. The summed E-state index contributed by atoms with van der Waals surface area (Å²) in [7, 11) is 0. The van der Waals surface area contributed by atoms with E-state index in [4.69, 9.17) is 4.42 Å². The molecule has 0 radical (unpaired) electrons. The van der Waals surface area contributed by atoms with Crippen molar-refractivity contribution in [1.82, 2.24) is 0 Å². The third kappa shape index (κ3) is 2.95. The Morgan fingerprint density at radius 2 is 1.83 bits per heavy atom. The first-order valence-corrected chi connectivity index (χ1v) is 7.76. The average molecular weight is 306 g/mol. The van der Waals surface area contributed by atoms with E-state index in [0.717, 1.165) is 30.3 Å². The largest absolute Gasteiger partial charge is 0.455 e. The lowest BCUT2D eigenvalue weighted by molar-refractivity contribution is -0.107. The summed E-state index contributed by atoms with van der Waals surface area (Å²) >= 11 is 0. The Bertz CT molecular complexity index is 892. The monoisotopic (exact) mass is 306 g/mol. The topological polar surface area (TPSA) is 47.3 Å². The summed E-state index contributed by atoms with van der Waals surface area (Å²) in [6.07, 6.45) is 2.90. The molecule has 0 spiro atoms. The number of hydrogen-bond donors (Lipinski definition) is 0. The summed E-state index contributed by atoms with van der Waals surface area (Å²) in [6.45, 7) is 1.80. The van der Waals surface area contributed by atoms with E-state index in [0.29, 0.717) is 28.7 Å². The van der Waals surface area contributed by atoms with Crippen molar-refractivity contribution in [2.75, 3.05) is 0 Å². The van der Waals surface area contributed by atoms with Gasteiger partial charge < -0.3 is 9.21 Å². The van der Waals surface area contributed by atoms with Crippen LogP contribution in [0.4, 0.5) is 0 Å². The Kier molecular flexibility index (Phi) is 4.38. The Hall–Kier alpha value is -2.68. The molecule has 0 N–H and O–H groups in total. The van der Waals surface area contributed by atoms with Crippen molar-refractivity contribution in [3.8, 4) is 11.3 Å². The minimum absolute atomic E-state index is 0.00217. The van der Waals surface area contributed by atoms with E-state index >= 15 is 0 Å². The highest BCUT2D eigenvalue weighted by Crippen LogP contribution is 2.27. The van der Waals surface area contributed by atoms with Crippen LogP contribution in [-0.4, -0.2) is 6.29 Å². The van der Waals surface area contributed by atoms with Crippen LogP contribution in [0.25, 0.3) is 22.3 Å². The molecule has 0 amide bonds. The number of para-hydroxylation sites is 1. The van der Waals surface area contributed by atoms with Crippen LogP contribution in [0.3, 0.4) is 0 Å². The fourth-order valence-electron chi connectivity index (χ4n) is 2.81. The van der Waals surface area contributed by atoms with Crippen LogP contribution in [0.15, 0.2) is 57.7 Å². The highest BCUT2D eigenvalue weighted by molar-refractivity contribution is 5.83. The molecule has 23 heavy (non-hydrogen) atoms. The molecule has 3 nitrogen and oxygen atoms in total. The van der Waals surface area contributed by atoms with Crippen LogP contribution in [0, 0.1) is 6.92 Å². The van der Waals surface area contributed by atoms with Crippen LogP contribution in [0.2, 0.25) is 0 Å². The lowest BCUT2D eigenvalue weighted by atomic mass is 10.0. The fourth-order valence-corrected chi connectivity index (χ4v) is 2.81. The fraction of sp³-hybridized carbons (Fsp3) is 0.200. The molecule has 0 bridgehead atoms. The summed E-state index contributed by atoms with van der Waals surface area (Å²) in [5.41, 5.74) is 3.12. The van der Waals surface area contributed by atoms with E-state index in [1.165, 1.54) is 0 Å². The molecule has 1 aromatic heterocycles. The Morgan fingerprint density at radius 3 is 2.57 bits per heavy atom. The number of benzene rings is 2. The predicted octanol–water partition coefficient (Wildman–Crippen LogP) is 4.29. The number of hydrogen-bond acceptors (Lipinski definition) is 3. The number of fused-ring (bicyclic) bond motifs is 1. The Morgan fingerprint density at radius 1 is 1.04 bits per heavy atom. The van der Waals surface area contributed by atoms with Crippen LogP contribution >= 0.6 is 0 Å². The average Bonchev–Trinajstić information content (AvgIpc) is 2.59. The third-order valence-corrected chi connectivity index (χ3v) is 4.03. The van der Waals surface area contributed by atoms with Crippen LogP contribution < -0.4 is 5.43 Å². The standard InChI is InChI=1S/C20H18O3/c1-14-18(22)17-12-7-11-16(10-5-6-13-21)20(17)23-19(14)15-8-3-2-4-9-15/h2-4,7-9,11-13H,5-6,10H2,1H3. The number of rotatable bonds is 5. The van der Waals surface area contributed by atoms with Crippen molar-refractivity contribution in [2.45, 2.75) is 26.2 Å². The zero-order valence-electron chi connectivity index (χ0n) is 13.0. The number of aldehydes is 1. The van der Waals surface area contributed by atoms with E-state index in [9.17, 15) is 9.59 Å². The zero-order valence-corrected chi connectivity index (χ0v) is 13.0. The van der Waals surface area contributed by atoms with Gasteiger partial charge in [-0.2, -0.15) is 0 Å². The number of aryl methyl sites for hydroxylation is 1. The molecule has 0 atom stereocenters. The molecule has 116 valence electrons. The zero-order chi connectivity index (χ0) is 16.2. The minimum Gasteiger partial charge on any atom is -0.455 e. The number of carbonyl (C=O) groups is 1. The second kappa shape index (κ2) is 6.61. The van der Waals surface area contributed by atoms with Crippen LogP contribution in [-0.2, 0) is 11.2 Å². The Balaban J connectivity index is 2.20. The molecular formula is C20H18O3. The molecule has 3 rings (SSSR count). The Labute approximate surface area is 134 Å². The third-order valence-electron chi connectivity index (χ3n) is 4.03. The SMILES string of the molecule is Cc1c(-c2ccccc2)oc2c(CCCC=O)cccc2c1=O. The van der Waals surface area contributed by atoms with Gasteiger partial charge in [0.2, 0.25) is 0 Å². The van der Waals surface area contributed by atoms with Crippen molar-refractivity contribution >= 4 is 17.3 Å². The first-order valence-electron chi connectivity index (χ1n) is 7.76. The molecule has 3 heteroatoms. The van der Waals surface area contributed by atoms with Gasteiger partial charge >= 0.3 is 0 Å². The van der Waals surface area contributed by atoms with Crippen molar-refractivity contribution in [3.63, 3.8) is 0 Å². The summed E-state index contributed by atoms with van der Waals surface area (Å²) < 4.78 is 6.13. The smallest absolute Gasteiger partial charge is 0.196 e. The minimum atomic E-state index is 0.00217. The second-order valence-electron chi connectivity index (χ2n) is 5.60. The maximum Gasteiger partial charge on any atom is 0.196 e. The molecule has 0 unspecified atom stereocenters. The highest BCUT2D eigenvalue weighted by Gasteiger charge is 2.14. The van der Waals surface area contributed by atoms with Crippen molar-refractivity contribution in [2.24, 2.45) is 0 Å². The van der Waals surface area contributed by atoms with Gasteiger partial charge in [0.15, 0.2) is 5.43 Å². The van der Waals surface area contributed by atoms with E-state index in [1.54, 1.807) is 13.0 Å². The van der Waals surface area contributed by atoms with Gasteiger partial charge in [-0.1, -0.05) is 42.5 Å². The molecule has 0 saturated carbocycles. The summed E-state index contributed by atoms with van der Waals surface area (Å²) in [5, 5.41) is 0.603. The lowest BCUT2D eigenvalue weighted by Crippen LogP contribution is -2.08. The van der Waals surface area contributed by atoms with E-state index < -0.39 is 0 Å². The van der Waals surface area contributed by atoms with Crippen LogP contribution in [0.5, 0.6) is 0 Å². The number of unbranched alkanes of at least 4 members (excludes halogenated alkanes) is 1. The summed E-state index contributed by atoms with van der Waals surface area (Å²) in [6, 6.07) is 15.3. The first kappa shape index (κ1) is 15.2. The van der Waals surface area contributed by atoms with Gasteiger partial charge in [0.1, 0.15) is 17.6 Å². The van der Waals surface area contributed by atoms with Gasteiger partial charge in [-0.25, -0.2) is 0 Å². The van der Waals surface area contributed by atoms with E-state index in [-0.39, 0.29) is 5.43 Å². The van der Waals surface area contributed by atoms with Gasteiger partial charge in [-0.15, -0.1) is 0 Å². The van der Waals surface area contributed by atoms with Crippen LogP contribution in [0.1, 0.15) is 24.0 Å².